The van der Waals surface area contributed by atoms with Crippen LogP contribution in [0.25, 0.3) is 0 Å². The summed E-state index contributed by atoms with van der Waals surface area (Å²) in [7, 11) is 1.27. The summed E-state index contributed by atoms with van der Waals surface area (Å²) in [5.41, 5.74) is 1.10. The maximum absolute atomic E-state index is 12.2. The summed E-state index contributed by atoms with van der Waals surface area (Å²) in [6.07, 6.45) is 5.69. The van der Waals surface area contributed by atoms with E-state index in [1.165, 1.54) is 32.8 Å². The van der Waals surface area contributed by atoms with Gasteiger partial charge in [0, 0.05) is 17.7 Å². The Labute approximate surface area is 147 Å². The highest BCUT2D eigenvalue weighted by molar-refractivity contribution is 5.97. The minimum Gasteiger partial charge on any atom is -0.468 e. The molecular weight excluding hydrogens is 320 g/mol. The first-order valence-electron chi connectivity index (χ1n) is 8.80. The summed E-state index contributed by atoms with van der Waals surface area (Å²) in [6.45, 7) is -0.169. The van der Waals surface area contributed by atoms with Crippen LogP contribution in [-0.4, -0.2) is 31.4 Å². The number of ether oxygens (including phenoxy) is 1. The van der Waals surface area contributed by atoms with Crippen LogP contribution in [0.1, 0.15) is 42.5 Å². The summed E-state index contributed by atoms with van der Waals surface area (Å²) in [5.74, 6) is 1.29. The maximum Gasteiger partial charge on any atom is 0.325 e. The Hall–Kier alpha value is -2.37. The minimum atomic E-state index is -0.502. The third-order valence-corrected chi connectivity index (χ3v) is 5.38. The molecule has 2 saturated carbocycles. The van der Waals surface area contributed by atoms with E-state index in [1.807, 2.05) is 0 Å². The van der Waals surface area contributed by atoms with Gasteiger partial charge < -0.3 is 15.4 Å². The summed E-state index contributed by atoms with van der Waals surface area (Å²) in [4.78, 5) is 35.2. The third kappa shape index (κ3) is 4.38. The van der Waals surface area contributed by atoms with E-state index in [-0.39, 0.29) is 18.4 Å². The zero-order valence-corrected chi connectivity index (χ0v) is 14.4. The number of carbonyl (C=O) groups excluding carboxylic acids is 3. The number of carbonyl (C=O) groups is 3. The zero-order valence-electron chi connectivity index (χ0n) is 14.4. The molecule has 2 amide bonds. The van der Waals surface area contributed by atoms with Gasteiger partial charge in [-0.2, -0.15) is 0 Å². The Bertz CT molecular complexity index is 656. The second kappa shape index (κ2) is 7.68. The van der Waals surface area contributed by atoms with Crippen molar-refractivity contribution < 1.29 is 19.1 Å². The Morgan fingerprint density at radius 1 is 1.12 bits per heavy atom. The maximum atomic E-state index is 12.2. The molecule has 25 heavy (non-hydrogen) atoms. The van der Waals surface area contributed by atoms with Crippen molar-refractivity contribution in [1.82, 2.24) is 5.32 Å². The van der Waals surface area contributed by atoms with Gasteiger partial charge in [-0.05, 0) is 61.3 Å². The molecule has 1 aromatic rings. The molecule has 134 valence electrons. The fourth-order valence-electron chi connectivity index (χ4n) is 4.11. The number of nitrogens with one attached hydrogen (secondary N) is 2. The molecular formula is C19H24N2O4. The van der Waals surface area contributed by atoms with Gasteiger partial charge in [-0.3, -0.25) is 14.4 Å². The molecule has 6 nitrogen and oxygen atoms in total. The molecule has 0 spiro atoms. The van der Waals surface area contributed by atoms with Gasteiger partial charge in [-0.1, -0.05) is 6.42 Å². The van der Waals surface area contributed by atoms with E-state index in [0.717, 1.165) is 11.8 Å². The molecule has 2 N–H and O–H groups in total. The van der Waals surface area contributed by atoms with Gasteiger partial charge in [0.2, 0.25) is 5.91 Å². The SMILES string of the molecule is COC(=O)CNC(=O)c1ccc(NC(=O)CC2CC3CCC2C3)cc1. The lowest BCUT2D eigenvalue weighted by Crippen LogP contribution is -2.30. The molecule has 0 radical (unpaired) electrons. The summed E-state index contributed by atoms with van der Waals surface area (Å²) < 4.78 is 4.47. The van der Waals surface area contributed by atoms with Gasteiger partial charge in [0.15, 0.2) is 0 Å². The van der Waals surface area contributed by atoms with E-state index < -0.39 is 5.97 Å². The topological polar surface area (TPSA) is 84.5 Å². The van der Waals surface area contributed by atoms with Crippen LogP contribution < -0.4 is 10.6 Å². The second-order valence-electron chi connectivity index (χ2n) is 7.02. The summed E-state index contributed by atoms with van der Waals surface area (Å²) >= 11 is 0. The van der Waals surface area contributed by atoms with Crippen LogP contribution in [0.4, 0.5) is 5.69 Å². The number of methoxy groups -OCH3 is 1. The molecule has 2 fully saturated rings. The molecule has 0 aliphatic heterocycles. The van der Waals surface area contributed by atoms with E-state index in [2.05, 4.69) is 15.4 Å². The van der Waals surface area contributed by atoms with Crippen molar-refractivity contribution in [1.29, 1.82) is 0 Å². The van der Waals surface area contributed by atoms with Gasteiger partial charge in [-0.15, -0.1) is 0 Å². The Morgan fingerprint density at radius 2 is 1.88 bits per heavy atom. The number of hydrogen-bond donors (Lipinski definition) is 2. The molecule has 0 saturated heterocycles. The third-order valence-electron chi connectivity index (χ3n) is 5.38. The van der Waals surface area contributed by atoms with E-state index in [4.69, 9.17) is 0 Å². The van der Waals surface area contributed by atoms with Crippen molar-refractivity contribution in [3.63, 3.8) is 0 Å². The Morgan fingerprint density at radius 3 is 2.48 bits per heavy atom. The lowest BCUT2D eigenvalue weighted by Gasteiger charge is -2.20. The summed E-state index contributed by atoms with van der Waals surface area (Å²) in [5, 5.41) is 5.38. The molecule has 3 unspecified atom stereocenters. The van der Waals surface area contributed by atoms with Gasteiger partial charge in [-0.25, -0.2) is 0 Å². The fourth-order valence-corrected chi connectivity index (χ4v) is 4.11. The van der Waals surface area contributed by atoms with Crippen molar-refractivity contribution in [2.45, 2.75) is 32.1 Å². The largest absolute Gasteiger partial charge is 0.468 e. The lowest BCUT2D eigenvalue weighted by atomic mass is 9.86. The molecule has 1 aromatic carbocycles. The highest BCUT2D eigenvalue weighted by Gasteiger charge is 2.40. The van der Waals surface area contributed by atoms with E-state index in [1.54, 1.807) is 24.3 Å². The van der Waals surface area contributed by atoms with Crippen LogP contribution in [-0.2, 0) is 14.3 Å². The summed E-state index contributed by atoms with van der Waals surface area (Å²) in [6, 6.07) is 6.65. The quantitative estimate of drug-likeness (QED) is 0.776. The Kier molecular flexibility index (Phi) is 5.36. The Balaban J connectivity index is 1.47. The van der Waals surface area contributed by atoms with Gasteiger partial charge >= 0.3 is 5.97 Å². The number of hydrogen-bond acceptors (Lipinski definition) is 4. The molecule has 2 aliphatic carbocycles. The van der Waals surface area contributed by atoms with Crippen LogP contribution in [0.3, 0.4) is 0 Å². The van der Waals surface area contributed by atoms with Crippen LogP contribution in [0.2, 0.25) is 0 Å². The van der Waals surface area contributed by atoms with E-state index in [0.29, 0.717) is 23.6 Å². The van der Waals surface area contributed by atoms with Crippen LogP contribution in [0.15, 0.2) is 24.3 Å². The molecule has 0 aromatic heterocycles. The number of fused-ring (bicyclic) bond motifs is 2. The predicted octanol–water partition coefficient (Wildman–Crippen LogP) is 2.35. The average molecular weight is 344 g/mol. The monoisotopic (exact) mass is 344 g/mol. The highest BCUT2D eigenvalue weighted by Crippen LogP contribution is 2.49. The molecule has 0 heterocycles. The number of anilines is 1. The van der Waals surface area contributed by atoms with Crippen molar-refractivity contribution in [2.75, 3.05) is 19.0 Å². The smallest absolute Gasteiger partial charge is 0.325 e. The molecule has 2 aliphatic rings. The average Bonchev–Trinajstić information content (AvgIpc) is 3.22. The first-order valence-corrected chi connectivity index (χ1v) is 8.80. The number of benzene rings is 1. The van der Waals surface area contributed by atoms with Crippen molar-refractivity contribution in [3.05, 3.63) is 29.8 Å². The van der Waals surface area contributed by atoms with Crippen LogP contribution >= 0.6 is 0 Å². The highest BCUT2D eigenvalue weighted by atomic mass is 16.5. The minimum absolute atomic E-state index is 0.0421. The van der Waals surface area contributed by atoms with E-state index in [9.17, 15) is 14.4 Å². The molecule has 2 bridgehead atoms. The molecule has 3 atom stereocenters. The molecule has 3 rings (SSSR count). The predicted molar refractivity (Wildman–Crippen MR) is 93.0 cm³/mol. The number of amides is 2. The van der Waals surface area contributed by atoms with Crippen LogP contribution in [0.5, 0.6) is 0 Å². The fraction of sp³-hybridized carbons (Fsp3) is 0.526. The zero-order chi connectivity index (χ0) is 17.8. The second-order valence-corrected chi connectivity index (χ2v) is 7.02. The number of rotatable bonds is 6. The van der Waals surface area contributed by atoms with Crippen LogP contribution in [0, 0.1) is 17.8 Å². The standard InChI is InChI=1S/C19H24N2O4/c1-25-18(23)11-20-19(24)13-4-6-16(7-5-13)21-17(22)10-15-9-12-2-3-14(15)8-12/h4-7,12,14-15H,2-3,8-11H2,1H3,(H,20,24)(H,21,22). The van der Waals surface area contributed by atoms with Crippen molar-refractivity contribution >= 4 is 23.5 Å². The normalized spacial score (nSPS) is 24.0. The lowest BCUT2D eigenvalue weighted by molar-refractivity contribution is -0.139. The van der Waals surface area contributed by atoms with Crippen molar-refractivity contribution in [3.8, 4) is 0 Å². The molecule has 6 heteroatoms. The van der Waals surface area contributed by atoms with Gasteiger partial charge in [0.1, 0.15) is 6.54 Å². The van der Waals surface area contributed by atoms with E-state index >= 15 is 0 Å². The first kappa shape index (κ1) is 17.5. The van der Waals surface area contributed by atoms with Gasteiger partial charge in [0.25, 0.3) is 5.91 Å². The number of esters is 1. The van der Waals surface area contributed by atoms with Gasteiger partial charge in [0.05, 0.1) is 7.11 Å². The first-order chi connectivity index (χ1) is 12.0. The van der Waals surface area contributed by atoms with Crippen molar-refractivity contribution in [2.24, 2.45) is 17.8 Å².